The van der Waals surface area contributed by atoms with E-state index in [1.807, 2.05) is 24.3 Å². The fourth-order valence-corrected chi connectivity index (χ4v) is 2.70. The van der Waals surface area contributed by atoms with Gasteiger partial charge >= 0.3 is 0 Å². The van der Waals surface area contributed by atoms with Crippen molar-refractivity contribution in [2.45, 2.75) is 31.8 Å². The van der Waals surface area contributed by atoms with E-state index in [1.165, 1.54) is 0 Å². The molecule has 0 radical (unpaired) electrons. The zero-order valence-corrected chi connectivity index (χ0v) is 13.2. The average molecular weight is 315 g/mol. The van der Waals surface area contributed by atoms with Crippen molar-refractivity contribution in [3.05, 3.63) is 30.0 Å². The molecule has 122 valence electrons. The Labute approximate surface area is 135 Å². The number of aryl methyl sites for hydroxylation is 1. The molecule has 1 N–H and O–H groups in total. The monoisotopic (exact) mass is 315 g/mol. The molecule has 23 heavy (non-hydrogen) atoms. The molecule has 1 atom stereocenters. The van der Waals surface area contributed by atoms with Crippen LogP contribution in [-0.4, -0.2) is 42.2 Å². The maximum atomic E-state index is 12.0. The molecular weight excluding hydrogens is 294 g/mol. The Kier molecular flexibility index (Phi) is 5.02. The fraction of sp³-hybridized carbons (Fsp3) is 0.471. The first-order valence-corrected chi connectivity index (χ1v) is 7.94. The van der Waals surface area contributed by atoms with Crippen molar-refractivity contribution >= 4 is 16.9 Å². The van der Waals surface area contributed by atoms with Gasteiger partial charge in [-0.2, -0.15) is 0 Å². The van der Waals surface area contributed by atoms with E-state index in [2.05, 4.69) is 15.3 Å². The van der Waals surface area contributed by atoms with E-state index in [1.54, 1.807) is 7.11 Å². The minimum atomic E-state index is -0.00230. The molecule has 1 amide bonds. The smallest absolute Gasteiger partial charge is 0.235 e. The van der Waals surface area contributed by atoms with E-state index in [9.17, 15) is 4.79 Å². The molecule has 2 aromatic rings. The van der Waals surface area contributed by atoms with Crippen LogP contribution in [0.1, 0.15) is 25.0 Å². The second kappa shape index (κ2) is 7.37. The molecular formula is C17H21N3O3. The lowest BCUT2D eigenvalue weighted by molar-refractivity contribution is -0.121. The number of amides is 1. The number of carbonyl (C=O) groups excluding carboxylic acids is 1. The number of nitrogens with zero attached hydrogens (tertiary/aromatic N) is 2. The van der Waals surface area contributed by atoms with Gasteiger partial charge in [0.2, 0.25) is 11.8 Å². The molecule has 0 saturated carbocycles. The maximum absolute atomic E-state index is 12.0. The van der Waals surface area contributed by atoms with Gasteiger partial charge in [0.1, 0.15) is 5.69 Å². The molecule has 1 aliphatic heterocycles. The van der Waals surface area contributed by atoms with Crippen LogP contribution >= 0.6 is 0 Å². The Morgan fingerprint density at radius 3 is 2.83 bits per heavy atom. The highest BCUT2D eigenvalue weighted by Crippen LogP contribution is 2.19. The van der Waals surface area contributed by atoms with Gasteiger partial charge in [-0.3, -0.25) is 4.79 Å². The number of methoxy groups -OCH3 is 1. The van der Waals surface area contributed by atoms with Crippen LogP contribution in [0, 0.1) is 0 Å². The Morgan fingerprint density at radius 2 is 2.13 bits per heavy atom. The van der Waals surface area contributed by atoms with Gasteiger partial charge in [-0.1, -0.05) is 12.1 Å². The molecule has 1 fully saturated rings. The van der Waals surface area contributed by atoms with E-state index < -0.39 is 0 Å². The Morgan fingerprint density at radius 1 is 1.35 bits per heavy atom. The molecule has 0 spiro atoms. The van der Waals surface area contributed by atoms with E-state index in [4.69, 9.17) is 9.47 Å². The van der Waals surface area contributed by atoms with Crippen LogP contribution in [-0.2, 0) is 16.0 Å². The van der Waals surface area contributed by atoms with E-state index in [-0.39, 0.29) is 12.0 Å². The summed E-state index contributed by atoms with van der Waals surface area (Å²) in [4.78, 5) is 21.0. The minimum Gasteiger partial charge on any atom is -0.480 e. The summed E-state index contributed by atoms with van der Waals surface area (Å²) in [7, 11) is 1.57. The zero-order valence-electron chi connectivity index (χ0n) is 13.2. The molecule has 2 heterocycles. The molecule has 6 heteroatoms. The number of para-hydroxylation sites is 2. The number of carbonyl (C=O) groups is 1. The van der Waals surface area contributed by atoms with Gasteiger partial charge in [0.25, 0.3) is 0 Å². The van der Waals surface area contributed by atoms with Crippen LogP contribution < -0.4 is 10.1 Å². The number of nitrogens with one attached hydrogen (secondary N) is 1. The van der Waals surface area contributed by atoms with Crippen LogP contribution in [0.25, 0.3) is 11.0 Å². The van der Waals surface area contributed by atoms with Gasteiger partial charge in [-0.25, -0.2) is 9.97 Å². The first-order valence-electron chi connectivity index (χ1n) is 7.94. The quantitative estimate of drug-likeness (QED) is 0.881. The zero-order chi connectivity index (χ0) is 16.1. The lowest BCUT2D eigenvalue weighted by atomic mass is 10.2. The van der Waals surface area contributed by atoms with Crippen LogP contribution in [0.15, 0.2) is 24.3 Å². The summed E-state index contributed by atoms with van der Waals surface area (Å²) >= 11 is 0. The molecule has 0 bridgehead atoms. The summed E-state index contributed by atoms with van der Waals surface area (Å²) in [5.74, 6) is 0.480. The molecule has 1 aliphatic rings. The standard InChI is InChI=1S/C17H21N3O3/c1-22-17-15(19-13-6-2-3-7-14(13)20-17)8-9-16(21)18-11-12-5-4-10-23-12/h2-3,6-7,12H,4-5,8-11H2,1H3,(H,18,21)/t12-/m1/s1. The molecule has 1 aromatic carbocycles. The summed E-state index contributed by atoms with van der Waals surface area (Å²) in [5.41, 5.74) is 2.30. The van der Waals surface area contributed by atoms with Crippen molar-refractivity contribution in [1.82, 2.24) is 15.3 Å². The first-order chi connectivity index (χ1) is 11.3. The molecule has 0 unspecified atom stereocenters. The van der Waals surface area contributed by atoms with Crippen LogP contribution in [0.5, 0.6) is 5.88 Å². The number of rotatable bonds is 6. The number of fused-ring (bicyclic) bond motifs is 1. The third kappa shape index (κ3) is 3.96. The molecule has 3 rings (SSSR count). The Bertz CT molecular complexity index is 684. The van der Waals surface area contributed by atoms with Crippen molar-refractivity contribution in [3.63, 3.8) is 0 Å². The van der Waals surface area contributed by atoms with Crippen LogP contribution in [0.2, 0.25) is 0 Å². The van der Waals surface area contributed by atoms with Crippen molar-refractivity contribution in [2.24, 2.45) is 0 Å². The van der Waals surface area contributed by atoms with Crippen molar-refractivity contribution < 1.29 is 14.3 Å². The van der Waals surface area contributed by atoms with Gasteiger partial charge in [0.05, 0.1) is 24.2 Å². The van der Waals surface area contributed by atoms with E-state index in [0.29, 0.717) is 31.0 Å². The van der Waals surface area contributed by atoms with Crippen LogP contribution in [0.4, 0.5) is 0 Å². The highest BCUT2D eigenvalue weighted by atomic mass is 16.5. The van der Waals surface area contributed by atoms with Crippen LogP contribution in [0.3, 0.4) is 0 Å². The Hall–Kier alpha value is -2.21. The van der Waals surface area contributed by atoms with E-state index >= 15 is 0 Å². The van der Waals surface area contributed by atoms with Crippen molar-refractivity contribution in [2.75, 3.05) is 20.3 Å². The number of ether oxygens (including phenoxy) is 2. The van der Waals surface area contributed by atoms with Crippen molar-refractivity contribution in [1.29, 1.82) is 0 Å². The molecule has 6 nitrogen and oxygen atoms in total. The Balaban J connectivity index is 1.60. The number of hydrogen-bond donors (Lipinski definition) is 1. The lowest BCUT2D eigenvalue weighted by Crippen LogP contribution is -2.31. The molecule has 1 aromatic heterocycles. The third-order valence-electron chi connectivity index (χ3n) is 3.94. The topological polar surface area (TPSA) is 73.3 Å². The fourth-order valence-electron chi connectivity index (χ4n) is 2.70. The highest BCUT2D eigenvalue weighted by Gasteiger charge is 2.17. The highest BCUT2D eigenvalue weighted by molar-refractivity contribution is 5.77. The van der Waals surface area contributed by atoms with Gasteiger partial charge in [0, 0.05) is 26.0 Å². The number of aromatic nitrogens is 2. The average Bonchev–Trinajstić information content (AvgIpc) is 3.10. The summed E-state index contributed by atoms with van der Waals surface area (Å²) < 4.78 is 10.8. The largest absolute Gasteiger partial charge is 0.480 e. The maximum Gasteiger partial charge on any atom is 0.235 e. The summed E-state index contributed by atoms with van der Waals surface area (Å²) in [6, 6.07) is 7.63. The molecule has 1 saturated heterocycles. The molecule has 0 aliphatic carbocycles. The second-order valence-electron chi connectivity index (χ2n) is 5.61. The normalized spacial score (nSPS) is 17.3. The van der Waals surface area contributed by atoms with Gasteiger partial charge in [-0.05, 0) is 25.0 Å². The van der Waals surface area contributed by atoms with E-state index in [0.717, 1.165) is 30.5 Å². The SMILES string of the molecule is COc1nc2ccccc2nc1CCC(=O)NC[C@H]1CCCO1. The number of benzene rings is 1. The van der Waals surface area contributed by atoms with Gasteiger partial charge in [-0.15, -0.1) is 0 Å². The summed E-state index contributed by atoms with van der Waals surface area (Å²) in [6.45, 7) is 1.38. The predicted molar refractivity (Wildman–Crippen MR) is 86.4 cm³/mol. The number of hydrogen-bond acceptors (Lipinski definition) is 5. The van der Waals surface area contributed by atoms with Gasteiger partial charge in [0.15, 0.2) is 0 Å². The van der Waals surface area contributed by atoms with Gasteiger partial charge < -0.3 is 14.8 Å². The second-order valence-corrected chi connectivity index (χ2v) is 5.61. The van der Waals surface area contributed by atoms with Crippen molar-refractivity contribution in [3.8, 4) is 5.88 Å². The summed E-state index contributed by atoms with van der Waals surface area (Å²) in [5, 5.41) is 2.92. The third-order valence-corrected chi connectivity index (χ3v) is 3.94. The minimum absolute atomic E-state index is 0.00230. The first kappa shape index (κ1) is 15.7. The predicted octanol–water partition coefficient (Wildman–Crippen LogP) is 1.87. The summed E-state index contributed by atoms with van der Waals surface area (Å²) in [6.07, 6.45) is 3.11. The lowest BCUT2D eigenvalue weighted by Gasteiger charge is -2.11.